The van der Waals surface area contributed by atoms with E-state index in [1.54, 1.807) is 23.0 Å². The Balaban J connectivity index is 1.74. The zero-order chi connectivity index (χ0) is 16.4. The average Bonchev–Trinajstić information content (AvgIpc) is 3.08. The molecule has 0 radical (unpaired) electrons. The highest BCUT2D eigenvalue weighted by Gasteiger charge is 2.17. The molecular weight excluding hydrogens is 398 g/mol. The molecule has 2 aromatic heterocycles. The number of thiophene rings is 1. The third-order valence-electron chi connectivity index (χ3n) is 3.13. The van der Waals surface area contributed by atoms with Crippen LogP contribution in [-0.2, 0) is 16.6 Å². The molecule has 120 valence electrons. The van der Waals surface area contributed by atoms with E-state index in [2.05, 4.69) is 31.8 Å². The van der Waals surface area contributed by atoms with Crippen LogP contribution in [0.25, 0.3) is 0 Å². The first kappa shape index (κ1) is 16.2. The molecule has 0 amide bonds. The van der Waals surface area contributed by atoms with E-state index in [0.29, 0.717) is 12.2 Å². The summed E-state index contributed by atoms with van der Waals surface area (Å²) in [5.74, 6) is 0. The number of aromatic nitrogens is 2. The van der Waals surface area contributed by atoms with Crippen molar-refractivity contribution >= 4 is 43.0 Å². The van der Waals surface area contributed by atoms with E-state index in [1.165, 1.54) is 11.8 Å². The first-order chi connectivity index (χ1) is 10.9. The van der Waals surface area contributed by atoms with Crippen molar-refractivity contribution in [2.75, 3.05) is 4.72 Å². The Morgan fingerprint density at radius 1 is 1.30 bits per heavy atom. The Morgan fingerprint density at radius 2 is 2.13 bits per heavy atom. The fraction of sp³-hybridized carbons (Fsp3) is 0.133. The minimum atomic E-state index is -3.57. The Kier molecular flexibility index (Phi) is 4.56. The van der Waals surface area contributed by atoms with Gasteiger partial charge in [0, 0.05) is 6.20 Å². The van der Waals surface area contributed by atoms with Gasteiger partial charge in [0.2, 0.25) is 0 Å². The summed E-state index contributed by atoms with van der Waals surface area (Å²) < 4.78 is 29.8. The number of nitrogens with zero attached hydrogens (tertiary/aromatic N) is 2. The van der Waals surface area contributed by atoms with Gasteiger partial charge in [-0.05, 0) is 40.5 Å². The van der Waals surface area contributed by atoms with Gasteiger partial charge in [-0.2, -0.15) is 5.10 Å². The zero-order valence-electron chi connectivity index (χ0n) is 12.2. The number of rotatable bonds is 5. The molecule has 1 aromatic carbocycles. The Morgan fingerprint density at radius 3 is 2.83 bits per heavy atom. The topological polar surface area (TPSA) is 64.0 Å². The lowest BCUT2D eigenvalue weighted by Crippen LogP contribution is -2.10. The monoisotopic (exact) mass is 411 g/mol. The first-order valence-electron chi connectivity index (χ1n) is 6.78. The summed E-state index contributed by atoms with van der Waals surface area (Å²) in [7, 11) is -3.57. The maximum atomic E-state index is 12.3. The van der Waals surface area contributed by atoms with E-state index in [4.69, 9.17) is 0 Å². The third-order valence-corrected chi connectivity index (χ3v) is 6.62. The van der Waals surface area contributed by atoms with E-state index in [-0.39, 0.29) is 4.21 Å². The van der Waals surface area contributed by atoms with Crippen LogP contribution < -0.4 is 4.72 Å². The molecule has 0 aliphatic carbocycles. The molecule has 0 bridgehead atoms. The molecule has 0 aliphatic rings. The number of aryl methyl sites for hydroxylation is 1. The highest BCUT2D eigenvalue weighted by Crippen LogP contribution is 2.27. The van der Waals surface area contributed by atoms with Gasteiger partial charge in [-0.3, -0.25) is 9.40 Å². The van der Waals surface area contributed by atoms with Crippen LogP contribution in [0.4, 0.5) is 5.69 Å². The van der Waals surface area contributed by atoms with Gasteiger partial charge < -0.3 is 0 Å². The van der Waals surface area contributed by atoms with Crippen molar-refractivity contribution in [1.82, 2.24) is 9.78 Å². The highest BCUT2D eigenvalue weighted by molar-refractivity contribution is 9.11. The smallest absolute Gasteiger partial charge is 0.271 e. The van der Waals surface area contributed by atoms with Gasteiger partial charge in [-0.1, -0.05) is 29.8 Å². The van der Waals surface area contributed by atoms with Crippen molar-refractivity contribution in [3.8, 4) is 0 Å². The third kappa shape index (κ3) is 4.01. The van der Waals surface area contributed by atoms with Crippen molar-refractivity contribution in [3.05, 3.63) is 63.7 Å². The number of sulfonamides is 1. The second-order valence-electron chi connectivity index (χ2n) is 5.08. The van der Waals surface area contributed by atoms with Crippen molar-refractivity contribution < 1.29 is 8.42 Å². The molecule has 3 rings (SSSR count). The summed E-state index contributed by atoms with van der Waals surface area (Å²) >= 11 is 4.43. The maximum absolute atomic E-state index is 12.3. The summed E-state index contributed by atoms with van der Waals surface area (Å²) in [5, 5.41) is 4.21. The van der Waals surface area contributed by atoms with Crippen molar-refractivity contribution in [2.24, 2.45) is 0 Å². The number of benzene rings is 1. The van der Waals surface area contributed by atoms with Crippen LogP contribution in [-0.4, -0.2) is 18.2 Å². The molecule has 0 spiro atoms. The molecule has 1 N–H and O–H groups in total. The van der Waals surface area contributed by atoms with Crippen LogP contribution in [0.3, 0.4) is 0 Å². The van der Waals surface area contributed by atoms with E-state index < -0.39 is 10.0 Å². The Labute approximate surface area is 147 Å². The highest BCUT2D eigenvalue weighted by atomic mass is 79.9. The minimum absolute atomic E-state index is 0.260. The van der Waals surface area contributed by atoms with Gasteiger partial charge in [0.05, 0.1) is 22.2 Å². The standard InChI is InChI=1S/C15H14BrN3O2S2/c1-11-3-2-4-12(7-11)9-19-10-13(8-17-19)18-23(20,21)15-6-5-14(16)22-15/h2-8,10,18H,9H2,1H3. The molecule has 0 atom stereocenters. The normalized spacial score (nSPS) is 11.6. The van der Waals surface area contributed by atoms with Gasteiger partial charge in [-0.15, -0.1) is 11.3 Å². The zero-order valence-corrected chi connectivity index (χ0v) is 15.5. The lowest BCUT2D eigenvalue weighted by atomic mass is 10.1. The number of halogens is 1. The lowest BCUT2D eigenvalue weighted by Gasteiger charge is -2.04. The Hall–Kier alpha value is -1.64. The first-order valence-corrected chi connectivity index (χ1v) is 9.88. The van der Waals surface area contributed by atoms with Gasteiger partial charge >= 0.3 is 0 Å². The molecule has 0 fully saturated rings. The summed E-state index contributed by atoms with van der Waals surface area (Å²) in [5.41, 5.74) is 2.74. The van der Waals surface area contributed by atoms with Crippen LogP contribution >= 0.6 is 27.3 Å². The molecule has 0 aliphatic heterocycles. The second kappa shape index (κ2) is 6.46. The maximum Gasteiger partial charge on any atom is 0.271 e. The molecule has 0 unspecified atom stereocenters. The molecule has 0 saturated heterocycles. The fourth-order valence-electron chi connectivity index (χ4n) is 2.15. The van der Waals surface area contributed by atoms with Gasteiger partial charge in [0.1, 0.15) is 4.21 Å². The summed E-state index contributed by atoms with van der Waals surface area (Å²) in [6, 6.07) is 11.4. The summed E-state index contributed by atoms with van der Waals surface area (Å²) in [6.45, 7) is 2.62. The predicted molar refractivity (Wildman–Crippen MR) is 95.3 cm³/mol. The fourth-order valence-corrected chi connectivity index (χ4v) is 5.19. The van der Waals surface area contributed by atoms with Crippen molar-refractivity contribution in [3.63, 3.8) is 0 Å². The van der Waals surface area contributed by atoms with Gasteiger partial charge in [0.15, 0.2) is 0 Å². The van der Waals surface area contributed by atoms with Crippen LogP contribution in [0.15, 0.2) is 56.8 Å². The minimum Gasteiger partial charge on any atom is -0.276 e. The molecule has 3 aromatic rings. The van der Waals surface area contributed by atoms with Crippen LogP contribution in [0, 0.1) is 6.92 Å². The van der Waals surface area contributed by atoms with Crippen LogP contribution in [0.5, 0.6) is 0 Å². The number of hydrogen-bond acceptors (Lipinski definition) is 4. The van der Waals surface area contributed by atoms with Gasteiger partial charge in [-0.25, -0.2) is 8.42 Å². The van der Waals surface area contributed by atoms with E-state index in [0.717, 1.165) is 20.7 Å². The van der Waals surface area contributed by atoms with Crippen LogP contribution in [0.1, 0.15) is 11.1 Å². The quantitative estimate of drug-likeness (QED) is 0.692. The van der Waals surface area contributed by atoms with Gasteiger partial charge in [0.25, 0.3) is 10.0 Å². The van der Waals surface area contributed by atoms with Crippen molar-refractivity contribution in [2.45, 2.75) is 17.7 Å². The molecule has 0 saturated carbocycles. The SMILES string of the molecule is Cc1cccc(Cn2cc(NS(=O)(=O)c3ccc(Br)s3)cn2)c1. The van der Waals surface area contributed by atoms with Crippen molar-refractivity contribution in [1.29, 1.82) is 0 Å². The van der Waals surface area contributed by atoms with Crippen LogP contribution in [0.2, 0.25) is 0 Å². The average molecular weight is 412 g/mol. The summed E-state index contributed by atoms with van der Waals surface area (Å²) in [4.78, 5) is 0. The van der Waals surface area contributed by atoms with E-state index in [1.807, 2.05) is 25.1 Å². The molecular formula is C15H14BrN3O2S2. The molecule has 8 heteroatoms. The second-order valence-corrected chi connectivity index (χ2v) is 9.45. The predicted octanol–water partition coefficient (Wildman–Crippen LogP) is 3.86. The molecule has 5 nitrogen and oxygen atoms in total. The number of hydrogen-bond donors (Lipinski definition) is 1. The molecule has 23 heavy (non-hydrogen) atoms. The summed E-state index contributed by atoms with van der Waals surface area (Å²) in [6.07, 6.45) is 3.19. The van der Waals surface area contributed by atoms with E-state index in [9.17, 15) is 8.42 Å². The lowest BCUT2D eigenvalue weighted by molar-refractivity contribution is 0.603. The number of anilines is 1. The molecule has 2 heterocycles. The van der Waals surface area contributed by atoms with E-state index >= 15 is 0 Å². The Bertz CT molecular complexity index is 932. The largest absolute Gasteiger partial charge is 0.276 e. The number of nitrogens with one attached hydrogen (secondary N) is 1.